The number of nitrogens with zero attached hydrogens (tertiary/aromatic N) is 2. The van der Waals surface area contributed by atoms with Crippen LogP contribution in [0.2, 0.25) is 0 Å². The minimum Gasteiger partial charge on any atom is -0.370 e. The Morgan fingerprint density at radius 3 is 2.78 bits per heavy atom. The third-order valence-electron chi connectivity index (χ3n) is 3.55. The van der Waals surface area contributed by atoms with Crippen LogP contribution >= 0.6 is 0 Å². The fourth-order valence-corrected chi connectivity index (χ4v) is 2.44. The molecule has 0 saturated carbocycles. The van der Waals surface area contributed by atoms with Gasteiger partial charge in [0.1, 0.15) is 11.6 Å². The van der Waals surface area contributed by atoms with E-state index in [1.807, 2.05) is 18.2 Å². The van der Waals surface area contributed by atoms with Crippen molar-refractivity contribution in [3.05, 3.63) is 18.2 Å². The van der Waals surface area contributed by atoms with Gasteiger partial charge >= 0.3 is 0 Å². The smallest absolute Gasteiger partial charge is 0.128 e. The third kappa shape index (κ3) is 3.60. The molecule has 2 rings (SSSR count). The maximum atomic E-state index is 4.53. The Hall–Kier alpha value is -1.29. The van der Waals surface area contributed by atoms with Gasteiger partial charge in [0.05, 0.1) is 0 Å². The largest absolute Gasteiger partial charge is 0.370 e. The van der Waals surface area contributed by atoms with E-state index in [9.17, 15) is 0 Å². The summed E-state index contributed by atoms with van der Waals surface area (Å²) in [5.74, 6) is 1.91. The van der Waals surface area contributed by atoms with Gasteiger partial charge in [-0.2, -0.15) is 0 Å². The van der Waals surface area contributed by atoms with Gasteiger partial charge in [-0.1, -0.05) is 12.5 Å². The Morgan fingerprint density at radius 2 is 2.06 bits per heavy atom. The molecule has 1 aromatic rings. The molecule has 4 heteroatoms. The number of anilines is 2. The molecule has 1 aliphatic heterocycles. The number of piperidine rings is 1. The Labute approximate surface area is 110 Å². The van der Waals surface area contributed by atoms with E-state index < -0.39 is 0 Å². The van der Waals surface area contributed by atoms with Crippen LogP contribution < -0.4 is 10.6 Å². The number of aromatic nitrogens is 1. The van der Waals surface area contributed by atoms with Gasteiger partial charge in [-0.25, -0.2) is 4.98 Å². The first-order valence-electron chi connectivity index (χ1n) is 6.94. The molecule has 2 heterocycles. The van der Waals surface area contributed by atoms with E-state index in [2.05, 4.69) is 34.5 Å². The van der Waals surface area contributed by atoms with Crippen LogP contribution in [0.1, 0.15) is 26.2 Å². The van der Waals surface area contributed by atoms with Crippen LogP contribution in [0.15, 0.2) is 18.2 Å². The van der Waals surface area contributed by atoms with Crippen molar-refractivity contribution in [2.75, 3.05) is 37.3 Å². The average Bonchev–Trinajstić information content (AvgIpc) is 2.39. The van der Waals surface area contributed by atoms with Gasteiger partial charge in [-0.15, -0.1) is 0 Å². The normalized spacial score (nSPS) is 20.7. The van der Waals surface area contributed by atoms with Crippen molar-refractivity contribution in [2.24, 2.45) is 0 Å². The number of hydrogen-bond acceptors (Lipinski definition) is 4. The lowest BCUT2D eigenvalue weighted by molar-refractivity contribution is 0.194. The molecule has 1 fully saturated rings. The number of likely N-dealkylation sites (N-methyl/N-ethyl adjacent to an activating group) is 1. The molecule has 0 aliphatic carbocycles. The zero-order valence-electron chi connectivity index (χ0n) is 11.4. The van der Waals surface area contributed by atoms with Crippen LogP contribution in [0.3, 0.4) is 0 Å². The zero-order chi connectivity index (χ0) is 12.8. The van der Waals surface area contributed by atoms with Crippen LogP contribution in [0.25, 0.3) is 0 Å². The standard InChI is InChI=1S/C14H24N4/c1-3-15-13-8-6-9-14(17-13)16-11-12-7-4-5-10-18(12)2/h6,8-9,12H,3-5,7,10-11H2,1-2H3,(H2,15,16,17). The Balaban J connectivity index is 1.87. The molecule has 1 atom stereocenters. The Bertz CT molecular complexity index is 367. The van der Waals surface area contributed by atoms with Crippen molar-refractivity contribution < 1.29 is 0 Å². The summed E-state index contributed by atoms with van der Waals surface area (Å²) in [5, 5.41) is 6.68. The number of nitrogens with one attached hydrogen (secondary N) is 2. The predicted octanol–water partition coefficient (Wildman–Crippen LogP) is 2.41. The molecule has 0 bridgehead atoms. The van der Waals surface area contributed by atoms with Crippen molar-refractivity contribution in [1.29, 1.82) is 0 Å². The van der Waals surface area contributed by atoms with Crippen LogP contribution in [0, 0.1) is 0 Å². The van der Waals surface area contributed by atoms with Crippen molar-refractivity contribution in [3.8, 4) is 0 Å². The zero-order valence-corrected chi connectivity index (χ0v) is 11.4. The fourth-order valence-electron chi connectivity index (χ4n) is 2.44. The molecular weight excluding hydrogens is 224 g/mol. The van der Waals surface area contributed by atoms with Gasteiger partial charge in [-0.3, -0.25) is 0 Å². The average molecular weight is 248 g/mol. The number of pyridine rings is 1. The molecule has 4 nitrogen and oxygen atoms in total. The molecular formula is C14H24N4. The van der Waals surface area contributed by atoms with E-state index in [1.54, 1.807) is 0 Å². The topological polar surface area (TPSA) is 40.2 Å². The number of rotatable bonds is 5. The lowest BCUT2D eigenvalue weighted by Crippen LogP contribution is -2.40. The third-order valence-corrected chi connectivity index (χ3v) is 3.55. The first-order chi connectivity index (χ1) is 8.79. The maximum absolute atomic E-state index is 4.53. The Morgan fingerprint density at radius 1 is 1.28 bits per heavy atom. The van der Waals surface area contributed by atoms with Crippen molar-refractivity contribution in [3.63, 3.8) is 0 Å². The van der Waals surface area contributed by atoms with Crippen LogP contribution in [0.5, 0.6) is 0 Å². The molecule has 1 aromatic heterocycles. The summed E-state index contributed by atoms with van der Waals surface area (Å²) in [5.41, 5.74) is 0. The van der Waals surface area contributed by atoms with Crippen molar-refractivity contribution in [1.82, 2.24) is 9.88 Å². The van der Waals surface area contributed by atoms with Crippen LogP contribution in [0.4, 0.5) is 11.6 Å². The van der Waals surface area contributed by atoms with E-state index in [1.165, 1.54) is 25.8 Å². The van der Waals surface area contributed by atoms with Gasteiger partial charge in [0.25, 0.3) is 0 Å². The minimum absolute atomic E-state index is 0.642. The summed E-state index contributed by atoms with van der Waals surface area (Å²) < 4.78 is 0. The van der Waals surface area contributed by atoms with Gasteiger partial charge in [-0.05, 0) is 45.5 Å². The van der Waals surface area contributed by atoms with Crippen LogP contribution in [-0.2, 0) is 0 Å². The number of hydrogen-bond donors (Lipinski definition) is 2. The molecule has 18 heavy (non-hydrogen) atoms. The minimum atomic E-state index is 0.642. The lowest BCUT2D eigenvalue weighted by Gasteiger charge is -2.32. The summed E-state index contributed by atoms with van der Waals surface area (Å²) in [7, 11) is 2.22. The van der Waals surface area contributed by atoms with Gasteiger partial charge < -0.3 is 15.5 Å². The first-order valence-corrected chi connectivity index (χ1v) is 6.94. The molecule has 1 unspecified atom stereocenters. The Kier molecular flexibility index (Phi) is 4.81. The highest BCUT2D eigenvalue weighted by molar-refractivity contribution is 5.45. The highest BCUT2D eigenvalue weighted by Gasteiger charge is 2.18. The predicted molar refractivity (Wildman–Crippen MR) is 77.2 cm³/mol. The van der Waals surface area contributed by atoms with E-state index in [0.717, 1.165) is 24.7 Å². The van der Waals surface area contributed by atoms with Gasteiger partial charge in [0.15, 0.2) is 0 Å². The molecule has 1 saturated heterocycles. The quantitative estimate of drug-likeness (QED) is 0.839. The highest BCUT2D eigenvalue weighted by Crippen LogP contribution is 2.16. The summed E-state index contributed by atoms with van der Waals surface area (Å²) >= 11 is 0. The summed E-state index contributed by atoms with van der Waals surface area (Å²) in [6, 6.07) is 6.71. The molecule has 0 spiro atoms. The summed E-state index contributed by atoms with van der Waals surface area (Å²) in [4.78, 5) is 6.98. The molecule has 0 aromatic carbocycles. The fraction of sp³-hybridized carbons (Fsp3) is 0.643. The lowest BCUT2D eigenvalue weighted by atomic mass is 10.0. The molecule has 0 amide bonds. The van der Waals surface area contributed by atoms with Gasteiger partial charge in [0.2, 0.25) is 0 Å². The second-order valence-electron chi connectivity index (χ2n) is 4.95. The van der Waals surface area contributed by atoms with Crippen molar-refractivity contribution in [2.45, 2.75) is 32.2 Å². The number of likely N-dealkylation sites (tertiary alicyclic amines) is 1. The molecule has 0 radical (unpaired) electrons. The first kappa shape index (κ1) is 13.1. The van der Waals surface area contributed by atoms with E-state index in [-0.39, 0.29) is 0 Å². The van der Waals surface area contributed by atoms with Gasteiger partial charge in [0, 0.05) is 19.1 Å². The summed E-state index contributed by atoms with van der Waals surface area (Å²) in [6.45, 7) is 5.19. The van der Waals surface area contributed by atoms with Crippen LogP contribution in [-0.4, -0.2) is 42.6 Å². The molecule has 2 N–H and O–H groups in total. The van der Waals surface area contributed by atoms with E-state index >= 15 is 0 Å². The SMILES string of the molecule is CCNc1cccc(NCC2CCCCN2C)n1. The van der Waals surface area contributed by atoms with E-state index in [4.69, 9.17) is 0 Å². The van der Waals surface area contributed by atoms with E-state index in [0.29, 0.717) is 6.04 Å². The maximum Gasteiger partial charge on any atom is 0.128 e. The monoisotopic (exact) mass is 248 g/mol. The highest BCUT2D eigenvalue weighted by atomic mass is 15.2. The second-order valence-corrected chi connectivity index (χ2v) is 4.95. The second kappa shape index (κ2) is 6.59. The van der Waals surface area contributed by atoms with Crippen molar-refractivity contribution >= 4 is 11.6 Å². The summed E-state index contributed by atoms with van der Waals surface area (Å²) in [6.07, 6.45) is 3.97. The molecule has 100 valence electrons. The molecule has 1 aliphatic rings.